The van der Waals surface area contributed by atoms with Crippen molar-refractivity contribution in [2.24, 2.45) is 5.41 Å². The van der Waals surface area contributed by atoms with Crippen LogP contribution in [0.1, 0.15) is 26.7 Å². The first kappa shape index (κ1) is 12.4. The van der Waals surface area contributed by atoms with Gasteiger partial charge in [0.2, 0.25) is 0 Å². The summed E-state index contributed by atoms with van der Waals surface area (Å²) >= 11 is 0. The van der Waals surface area contributed by atoms with Crippen molar-refractivity contribution in [3.8, 4) is 6.07 Å². The van der Waals surface area contributed by atoms with Crippen molar-refractivity contribution in [1.29, 1.82) is 5.26 Å². The minimum Gasteiger partial charge on any atom is -0.408 e. The third kappa shape index (κ3) is 2.45. The minimum absolute atomic E-state index is 0.328. The van der Waals surface area contributed by atoms with E-state index in [2.05, 4.69) is 6.07 Å². The largest absolute Gasteiger partial charge is 0.419 e. The average Bonchev–Trinajstić information content (AvgIpc) is 2.66. The number of benzene rings is 1. The molecular weight excluding hydrogens is 228 g/mol. The standard InChI is InChI=1S/C14H16N2O2/c1-14(2,10-15)8-5-9-16-11-6-3-4-7-12(11)18-13(16)17/h3-4,6-7H,5,8-9H2,1-2H3. The zero-order chi connectivity index (χ0) is 13.2. The molecule has 18 heavy (non-hydrogen) atoms. The fourth-order valence-electron chi connectivity index (χ4n) is 1.96. The summed E-state index contributed by atoms with van der Waals surface area (Å²) in [5.74, 6) is -0.328. The highest BCUT2D eigenvalue weighted by molar-refractivity contribution is 5.72. The van der Waals surface area contributed by atoms with Crippen LogP contribution in [0.4, 0.5) is 0 Å². The number of nitrogens with zero attached hydrogens (tertiary/aromatic N) is 2. The van der Waals surface area contributed by atoms with E-state index in [1.165, 1.54) is 0 Å². The highest BCUT2D eigenvalue weighted by atomic mass is 16.4. The van der Waals surface area contributed by atoms with Crippen LogP contribution < -0.4 is 5.76 Å². The maximum atomic E-state index is 11.7. The molecule has 0 aliphatic heterocycles. The molecule has 0 spiro atoms. The Bertz CT molecular complexity index is 644. The van der Waals surface area contributed by atoms with E-state index in [0.717, 1.165) is 18.4 Å². The van der Waals surface area contributed by atoms with Gasteiger partial charge in [0.25, 0.3) is 0 Å². The van der Waals surface area contributed by atoms with Crippen LogP contribution in [0, 0.1) is 16.7 Å². The fourth-order valence-corrected chi connectivity index (χ4v) is 1.96. The molecule has 2 aromatic rings. The van der Waals surface area contributed by atoms with Gasteiger partial charge in [-0.2, -0.15) is 5.26 Å². The van der Waals surface area contributed by atoms with Gasteiger partial charge in [0.1, 0.15) is 0 Å². The van der Waals surface area contributed by atoms with E-state index in [1.54, 1.807) is 10.6 Å². The lowest BCUT2D eigenvalue weighted by molar-refractivity contribution is 0.406. The number of hydrogen-bond acceptors (Lipinski definition) is 3. The molecular formula is C14H16N2O2. The summed E-state index contributed by atoms with van der Waals surface area (Å²) in [5, 5.41) is 8.94. The first-order valence-electron chi connectivity index (χ1n) is 6.03. The third-order valence-corrected chi connectivity index (χ3v) is 3.06. The van der Waals surface area contributed by atoms with Gasteiger partial charge < -0.3 is 4.42 Å². The number of para-hydroxylation sites is 2. The molecule has 0 aliphatic carbocycles. The number of fused-ring (bicyclic) bond motifs is 1. The Labute approximate surface area is 105 Å². The summed E-state index contributed by atoms with van der Waals surface area (Å²) in [6, 6.07) is 9.64. The Morgan fingerprint density at radius 3 is 2.83 bits per heavy atom. The van der Waals surface area contributed by atoms with Crippen LogP contribution >= 0.6 is 0 Å². The summed E-state index contributed by atoms with van der Waals surface area (Å²) in [7, 11) is 0. The topological polar surface area (TPSA) is 58.9 Å². The zero-order valence-corrected chi connectivity index (χ0v) is 10.6. The molecule has 0 saturated carbocycles. The highest BCUT2D eigenvalue weighted by Gasteiger charge is 2.16. The van der Waals surface area contributed by atoms with Gasteiger partial charge in [-0.25, -0.2) is 4.79 Å². The predicted octanol–water partition coefficient (Wildman–Crippen LogP) is 2.92. The second-order valence-corrected chi connectivity index (χ2v) is 5.09. The molecule has 4 heteroatoms. The summed E-state index contributed by atoms with van der Waals surface area (Å²) in [5.41, 5.74) is 1.09. The van der Waals surface area contributed by atoms with E-state index >= 15 is 0 Å². The zero-order valence-electron chi connectivity index (χ0n) is 10.6. The molecule has 0 unspecified atom stereocenters. The number of aromatic nitrogens is 1. The number of rotatable bonds is 4. The second kappa shape index (κ2) is 4.69. The van der Waals surface area contributed by atoms with Gasteiger partial charge >= 0.3 is 5.76 Å². The minimum atomic E-state index is -0.344. The van der Waals surface area contributed by atoms with Crippen LogP contribution in [0.3, 0.4) is 0 Å². The quantitative estimate of drug-likeness (QED) is 0.830. The predicted molar refractivity (Wildman–Crippen MR) is 69.1 cm³/mol. The molecule has 0 aliphatic rings. The van der Waals surface area contributed by atoms with E-state index in [0.29, 0.717) is 12.1 Å². The number of hydrogen-bond donors (Lipinski definition) is 0. The van der Waals surface area contributed by atoms with Crippen molar-refractivity contribution in [3.05, 3.63) is 34.8 Å². The smallest absolute Gasteiger partial charge is 0.408 e. The Morgan fingerprint density at radius 1 is 1.39 bits per heavy atom. The Hall–Kier alpha value is -2.02. The van der Waals surface area contributed by atoms with Crippen LogP contribution in [0.25, 0.3) is 11.1 Å². The molecule has 2 rings (SSSR count). The first-order chi connectivity index (χ1) is 8.53. The van der Waals surface area contributed by atoms with Gasteiger partial charge in [-0.05, 0) is 38.8 Å². The lowest BCUT2D eigenvalue weighted by atomic mass is 9.90. The van der Waals surface area contributed by atoms with Gasteiger partial charge in [-0.3, -0.25) is 4.57 Å². The molecule has 1 aromatic carbocycles. The maximum absolute atomic E-state index is 11.7. The lowest BCUT2D eigenvalue weighted by Gasteiger charge is -2.14. The fraction of sp³-hybridized carbons (Fsp3) is 0.429. The van der Waals surface area contributed by atoms with Gasteiger partial charge in [0.15, 0.2) is 5.58 Å². The second-order valence-electron chi connectivity index (χ2n) is 5.09. The number of aryl methyl sites for hydroxylation is 1. The van der Waals surface area contributed by atoms with Crippen LogP contribution in [0.2, 0.25) is 0 Å². The maximum Gasteiger partial charge on any atom is 0.419 e. The summed E-state index contributed by atoms with van der Waals surface area (Å²) in [6.07, 6.45) is 1.54. The highest BCUT2D eigenvalue weighted by Crippen LogP contribution is 2.21. The normalized spacial score (nSPS) is 11.6. The van der Waals surface area contributed by atoms with E-state index in [4.69, 9.17) is 9.68 Å². The molecule has 1 aromatic heterocycles. The van der Waals surface area contributed by atoms with Gasteiger partial charge in [-0.1, -0.05) is 12.1 Å². The van der Waals surface area contributed by atoms with E-state index < -0.39 is 0 Å². The first-order valence-corrected chi connectivity index (χ1v) is 6.03. The van der Waals surface area contributed by atoms with Crippen molar-refractivity contribution in [2.75, 3.05) is 0 Å². The molecule has 4 nitrogen and oxygen atoms in total. The SMILES string of the molecule is CC(C)(C#N)CCCn1c(=O)oc2ccccc21. The van der Waals surface area contributed by atoms with Crippen LogP contribution in [-0.2, 0) is 6.54 Å². The molecule has 0 atom stereocenters. The van der Waals surface area contributed by atoms with Crippen molar-refractivity contribution < 1.29 is 4.42 Å². The Morgan fingerprint density at radius 2 is 2.11 bits per heavy atom. The summed E-state index contributed by atoms with van der Waals surface area (Å²) in [6.45, 7) is 4.40. The van der Waals surface area contributed by atoms with E-state index in [1.807, 2.05) is 32.0 Å². The van der Waals surface area contributed by atoms with Gasteiger partial charge in [0.05, 0.1) is 17.0 Å². The van der Waals surface area contributed by atoms with Crippen molar-refractivity contribution in [3.63, 3.8) is 0 Å². The van der Waals surface area contributed by atoms with Crippen LogP contribution in [0.5, 0.6) is 0 Å². The molecule has 0 fully saturated rings. The van der Waals surface area contributed by atoms with Crippen molar-refractivity contribution in [1.82, 2.24) is 4.57 Å². The number of oxazole rings is 1. The van der Waals surface area contributed by atoms with Crippen LogP contribution in [0.15, 0.2) is 33.5 Å². The molecule has 0 saturated heterocycles. The van der Waals surface area contributed by atoms with Gasteiger partial charge in [-0.15, -0.1) is 0 Å². The monoisotopic (exact) mass is 244 g/mol. The third-order valence-electron chi connectivity index (χ3n) is 3.06. The molecule has 0 bridgehead atoms. The number of nitriles is 1. The lowest BCUT2D eigenvalue weighted by Crippen LogP contribution is -2.16. The van der Waals surface area contributed by atoms with E-state index in [-0.39, 0.29) is 11.2 Å². The molecule has 1 heterocycles. The average molecular weight is 244 g/mol. The Balaban J connectivity index is 2.16. The van der Waals surface area contributed by atoms with Crippen LogP contribution in [-0.4, -0.2) is 4.57 Å². The molecule has 0 amide bonds. The van der Waals surface area contributed by atoms with Crippen molar-refractivity contribution in [2.45, 2.75) is 33.2 Å². The molecule has 0 radical (unpaired) electrons. The van der Waals surface area contributed by atoms with Crippen molar-refractivity contribution >= 4 is 11.1 Å². The summed E-state index contributed by atoms with van der Waals surface area (Å²) < 4.78 is 6.78. The molecule has 0 N–H and O–H groups in total. The van der Waals surface area contributed by atoms with Gasteiger partial charge in [0, 0.05) is 6.54 Å². The Kier molecular flexibility index (Phi) is 3.24. The van der Waals surface area contributed by atoms with E-state index in [9.17, 15) is 4.79 Å². The summed E-state index contributed by atoms with van der Waals surface area (Å²) in [4.78, 5) is 11.7. The molecule has 94 valence electrons.